The molecule has 1 saturated heterocycles. The zero-order chi connectivity index (χ0) is 18.8. The molecule has 142 valence electrons. The molecule has 0 spiro atoms. The fraction of sp³-hybridized carbons (Fsp3) is 0.476. The van der Waals surface area contributed by atoms with Crippen molar-refractivity contribution in [1.82, 2.24) is 14.7 Å². The summed E-state index contributed by atoms with van der Waals surface area (Å²) in [5.41, 5.74) is 2.11. The summed E-state index contributed by atoms with van der Waals surface area (Å²) in [6.45, 7) is 3.46. The number of hydrogen-bond acceptors (Lipinski definition) is 4. The predicted molar refractivity (Wildman–Crippen MR) is 101 cm³/mol. The van der Waals surface area contributed by atoms with Crippen molar-refractivity contribution in [3.8, 4) is 5.69 Å². The zero-order valence-electron chi connectivity index (χ0n) is 15.6. The number of esters is 1. The molecular weight excluding hydrogens is 342 g/mol. The lowest BCUT2D eigenvalue weighted by atomic mass is 9.99. The summed E-state index contributed by atoms with van der Waals surface area (Å²) in [7, 11) is 0. The number of nitrogens with zero attached hydrogens (tertiary/aromatic N) is 3. The van der Waals surface area contributed by atoms with Crippen LogP contribution in [0.2, 0.25) is 0 Å². The largest absolute Gasteiger partial charge is 0.451 e. The molecule has 6 nitrogen and oxygen atoms in total. The van der Waals surface area contributed by atoms with Gasteiger partial charge in [-0.15, -0.1) is 0 Å². The lowest BCUT2D eigenvalue weighted by Crippen LogP contribution is -2.40. The number of likely N-dealkylation sites (tertiary alicyclic amines) is 1. The van der Waals surface area contributed by atoms with Crippen LogP contribution in [0, 0.1) is 5.92 Å². The average molecular weight is 367 g/mol. The number of carbonyl (C=O) groups is 2. The van der Waals surface area contributed by atoms with Gasteiger partial charge in [0.15, 0.2) is 12.3 Å². The van der Waals surface area contributed by atoms with Gasteiger partial charge >= 0.3 is 5.97 Å². The van der Waals surface area contributed by atoms with Crippen molar-refractivity contribution in [3.05, 3.63) is 47.8 Å². The quantitative estimate of drug-likeness (QED) is 0.762. The Morgan fingerprint density at radius 3 is 2.48 bits per heavy atom. The summed E-state index contributed by atoms with van der Waals surface area (Å²) in [6.07, 6.45) is 4.22. The molecule has 2 heterocycles. The van der Waals surface area contributed by atoms with E-state index in [0.29, 0.717) is 17.5 Å². The second-order valence-corrected chi connectivity index (χ2v) is 7.62. The van der Waals surface area contributed by atoms with E-state index in [1.807, 2.05) is 30.3 Å². The molecule has 1 saturated carbocycles. The van der Waals surface area contributed by atoms with Crippen LogP contribution >= 0.6 is 0 Å². The van der Waals surface area contributed by atoms with Crippen LogP contribution in [0.4, 0.5) is 0 Å². The molecule has 0 atom stereocenters. The predicted octanol–water partition coefficient (Wildman–Crippen LogP) is 3.17. The summed E-state index contributed by atoms with van der Waals surface area (Å²) >= 11 is 0. The topological polar surface area (TPSA) is 64.4 Å². The zero-order valence-corrected chi connectivity index (χ0v) is 15.6. The maximum absolute atomic E-state index is 12.7. The number of aromatic nitrogens is 2. The summed E-state index contributed by atoms with van der Waals surface area (Å²) in [5, 5.41) is 4.61. The van der Waals surface area contributed by atoms with Gasteiger partial charge in [-0.1, -0.05) is 25.1 Å². The second-order valence-electron chi connectivity index (χ2n) is 7.62. The smallest absolute Gasteiger partial charge is 0.357 e. The Morgan fingerprint density at radius 2 is 1.81 bits per heavy atom. The molecule has 1 amide bonds. The van der Waals surface area contributed by atoms with Gasteiger partial charge in [-0.2, -0.15) is 5.10 Å². The van der Waals surface area contributed by atoms with E-state index >= 15 is 0 Å². The van der Waals surface area contributed by atoms with Gasteiger partial charge in [-0.25, -0.2) is 9.48 Å². The van der Waals surface area contributed by atoms with Crippen LogP contribution in [0.15, 0.2) is 36.4 Å². The van der Waals surface area contributed by atoms with Gasteiger partial charge in [-0.05, 0) is 49.8 Å². The molecule has 1 aromatic carbocycles. The van der Waals surface area contributed by atoms with Crippen molar-refractivity contribution >= 4 is 11.9 Å². The van der Waals surface area contributed by atoms with Gasteiger partial charge in [0.1, 0.15) is 0 Å². The third kappa shape index (κ3) is 4.04. The van der Waals surface area contributed by atoms with E-state index < -0.39 is 5.97 Å². The normalized spacial score (nSPS) is 17.7. The minimum absolute atomic E-state index is 0.122. The van der Waals surface area contributed by atoms with Crippen LogP contribution in [0.25, 0.3) is 5.69 Å². The third-order valence-electron chi connectivity index (χ3n) is 5.40. The molecule has 4 rings (SSSR count). The molecule has 0 bridgehead atoms. The first-order valence-corrected chi connectivity index (χ1v) is 9.72. The van der Waals surface area contributed by atoms with E-state index in [0.717, 1.165) is 50.2 Å². The number of amides is 1. The van der Waals surface area contributed by atoms with Crippen LogP contribution in [0.5, 0.6) is 0 Å². The maximum Gasteiger partial charge on any atom is 0.357 e. The highest BCUT2D eigenvalue weighted by Gasteiger charge is 2.30. The highest BCUT2D eigenvalue weighted by atomic mass is 16.5. The van der Waals surface area contributed by atoms with Crippen molar-refractivity contribution in [2.45, 2.75) is 38.5 Å². The van der Waals surface area contributed by atoms with Crippen molar-refractivity contribution < 1.29 is 14.3 Å². The van der Waals surface area contributed by atoms with E-state index in [1.165, 1.54) is 0 Å². The minimum Gasteiger partial charge on any atom is -0.451 e. The highest BCUT2D eigenvalue weighted by Crippen LogP contribution is 2.39. The highest BCUT2D eigenvalue weighted by molar-refractivity contribution is 5.90. The van der Waals surface area contributed by atoms with Crippen LogP contribution in [-0.4, -0.2) is 46.3 Å². The standard InChI is InChI=1S/C21H25N3O3/c1-15-9-11-23(12-10-15)20(25)14-27-21(26)19-13-18(16-7-8-16)22-24(19)17-5-3-2-4-6-17/h2-6,13,15-16H,7-12,14H2,1H3. The number of ether oxygens (including phenoxy) is 1. The maximum atomic E-state index is 12.7. The first-order valence-electron chi connectivity index (χ1n) is 9.72. The third-order valence-corrected chi connectivity index (χ3v) is 5.40. The SMILES string of the molecule is CC1CCN(C(=O)COC(=O)c2cc(C3CC3)nn2-c2ccccc2)CC1. The summed E-state index contributed by atoms with van der Waals surface area (Å²) in [5.74, 6) is 0.455. The number of rotatable bonds is 5. The first-order chi connectivity index (χ1) is 13.1. The molecule has 1 aliphatic heterocycles. The molecule has 2 aromatic rings. The van der Waals surface area contributed by atoms with Crippen LogP contribution in [0.3, 0.4) is 0 Å². The number of hydrogen-bond donors (Lipinski definition) is 0. The van der Waals surface area contributed by atoms with Gasteiger partial charge < -0.3 is 9.64 Å². The Balaban J connectivity index is 1.46. The number of benzene rings is 1. The Morgan fingerprint density at radius 1 is 1.11 bits per heavy atom. The average Bonchev–Trinajstić information content (AvgIpc) is 3.45. The van der Waals surface area contributed by atoms with Crippen LogP contribution < -0.4 is 0 Å². The fourth-order valence-electron chi connectivity index (χ4n) is 3.44. The fourth-order valence-corrected chi connectivity index (χ4v) is 3.44. The number of para-hydroxylation sites is 1. The Labute approximate surface area is 159 Å². The van der Waals surface area contributed by atoms with Crippen LogP contribution in [0.1, 0.15) is 54.7 Å². The Bertz CT molecular complexity index is 818. The molecule has 6 heteroatoms. The lowest BCUT2D eigenvalue weighted by Gasteiger charge is -2.30. The van der Waals surface area contributed by atoms with Gasteiger partial charge in [-0.3, -0.25) is 4.79 Å². The molecule has 2 aliphatic rings. The molecule has 0 unspecified atom stereocenters. The van der Waals surface area contributed by atoms with E-state index in [4.69, 9.17) is 4.74 Å². The minimum atomic E-state index is -0.503. The van der Waals surface area contributed by atoms with Gasteiger partial charge in [0, 0.05) is 19.0 Å². The Hall–Kier alpha value is -2.63. The summed E-state index contributed by atoms with van der Waals surface area (Å²) < 4.78 is 6.98. The van der Waals surface area contributed by atoms with Gasteiger partial charge in [0.05, 0.1) is 11.4 Å². The summed E-state index contributed by atoms with van der Waals surface area (Å²) in [4.78, 5) is 26.8. The van der Waals surface area contributed by atoms with E-state index in [-0.39, 0.29) is 12.5 Å². The van der Waals surface area contributed by atoms with E-state index in [1.54, 1.807) is 15.6 Å². The molecule has 1 aliphatic carbocycles. The van der Waals surface area contributed by atoms with Gasteiger partial charge in [0.2, 0.25) is 0 Å². The van der Waals surface area contributed by atoms with Crippen molar-refractivity contribution in [2.75, 3.05) is 19.7 Å². The van der Waals surface area contributed by atoms with Crippen molar-refractivity contribution in [1.29, 1.82) is 0 Å². The monoisotopic (exact) mass is 367 g/mol. The second kappa shape index (κ2) is 7.55. The molecule has 0 radical (unpaired) electrons. The number of carbonyl (C=O) groups excluding carboxylic acids is 2. The first kappa shape index (κ1) is 17.8. The lowest BCUT2D eigenvalue weighted by molar-refractivity contribution is -0.135. The molecular formula is C21H25N3O3. The molecule has 1 aromatic heterocycles. The van der Waals surface area contributed by atoms with E-state index in [9.17, 15) is 9.59 Å². The molecule has 0 N–H and O–H groups in total. The van der Waals surface area contributed by atoms with Crippen molar-refractivity contribution in [3.63, 3.8) is 0 Å². The molecule has 27 heavy (non-hydrogen) atoms. The van der Waals surface area contributed by atoms with E-state index in [2.05, 4.69) is 12.0 Å². The van der Waals surface area contributed by atoms with Crippen LogP contribution in [-0.2, 0) is 9.53 Å². The molecule has 2 fully saturated rings. The van der Waals surface area contributed by atoms with Gasteiger partial charge in [0.25, 0.3) is 5.91 Å². The van der Waals surface area contributed by atoms with Crippen molar-refractivity contribution in [2.24, 2.45) is 5.92 Å². The Kier molecular flexibility index (Phi) is 4.97. The summed E-state index contributed by atoms with van der Waals surface area (Å²) in [6, 6.07) is 11.3. The number of piperidine rings is 1.